The number of hydrogen-bond acceptors (Lipinski definition) is 6. The monoisotopic (exact) mass is 435 g/mol. The van der Waals surface area contributed by atoms with Crippen LogP contribution in [0.5, 0.6) is 11.8 Å². The molecule has 0 unspecified atom stereocenters. The molecule has 32 heavy (non-hydrogen) atoms. The standard InChI is InChI=1S/C24H29N5O3/c1-15-13-16(2)26-24(25-15)32-18-11-9-17(10-12-18)27-23(30)21-14-20(28-29(21)3)19-7-5-6-8-22(19)31-4/h5-8,13-14,17-18H,9-12H2,1-4H3,(H,27,30). The SMILES string of the molecule is COc1ccccc1-c1cc(C(=O)NC2CCC(Oc3nc(C)cc(C)n3)CC2)n(C)n1. The molecule has 0 bridgehead atoms. The number of benzene rings is 1. The number of methoxy groups -OCH3 is 1. The predicted octanol–water partition coefficient (Wildman–Crippen LogP) is 3.62. The minimum absolute atomic E-state index is 0.0678. The van der Waals surface area contributed by atoms with Gasteiger partial charge in [0.15, 0.2) is 0 Å². The summed E-state index contributed by atoms with van der Waals surface area (Å²) in [6.07, 6.45) is 3.45. The third kappa shape index (κ3) is 4.90. The first-order chi connectivity index (χ1) is 15.4. The van der Waals surface area contributed by atoms with Crippen molar-refractivity contribution in [3.05, 3.63) is 53.5 Å². The maximum absolute atomic E-state index is 12.9. The van der Waals surface area contributed by atoms with Crippen molar-refractivity contribution >= 4 is 5.91 Å². The fourth-order valence-electron chi connectivity index (χ4n) is 4.15. The van der Waals surface area contributed by atoms with Crippen LogP contribution >= 0.6 is 0 Å². The lowest BCUT2D eigenvalue weighted by atomic mass is 9.93. The molecular weight excluding hydrogens is 406 g/mol. The molecule has 2 heterocycles. The van der Waals surface area contributed by atoms with E-state index in [-0.39, 0.29) is 18.1 Å². The third-order valence-electron chi connectivity index (χ3n) is 5.74. The van der Waals surface area contributed by atoms with Crippen molar-refractivity contribution in [2.24, 2.45) is 7.05 Å². The quantitative estimate of drug-likeness (QED) is 0.636. The fourth-order valence-corrected chi connectivity index (χ4v) is 4.15. The summed E-state index contributed by atoms with van der Waals surface area (Å²) in [5, 5.41) is 7.67. The minimum atomic E-state index is -0.122. The molecule has 2 aromatic heterocycles. The van der Waals surface area contributed by atoms with Gasteiger partial charge in [0, 0.05) is 30.0 Å². The van der Waals surface area contributed by atoms with Gasteiger partial charge in [-0.25, -0.2) is 9.97 Å². The maximum Gasteiger partial charge on any atom is 0.317 e. The number of rotatable bonds is 6. The highest BCUT2D eigenvalue weighted by Gasteiger charge is 2.26. The Bertz CT molecular complexity index is 1080. The van der Waals surface area contributed by atoms with Gasteiger partial charge < -0.3 is 14.8 Å². The molecule has 1 N–H and O–H groups in total. The number of hydrogen-bond donors (Lipinski definition) is 1. The average Bonchev–Trinajstić information content (AvgIpc) is 3.16. The molecule has 0 spiro atoms. The lowest BCUT2D eigenvalue weighted by molar-refractivity contribution is 0.0875. The van der Waals surface area contributed by atoms with E-state index in [2.05, 4.69) is 20.4 Å². The summed E-state index contributed by atoms with van der Waals surface area (Å²) < 4.78 is 13.0. The van der Waals surface area contributed by atoms with Crippen LogP contribution in [0.3, 0.4) is 0 Å². The highest BCUT2D eigenvalue weighted by Crippen LogP contribution is 2.29. The van der Waals surface area contributed by atoms with E-state index in [9.17, 15) is 4.79 Å². The molecule has 1 saturated carbocycles. The molecule has 8 heteroatoms. The number of amides is 1. The largest absolute Gasteiger partial charge is 0.496 e. The van der Waals surface area contributed by atoms with Crippen molar-refractivity contribution in [2.75, 3.05) is 7.11 Å². The van der Waals surface area contributed by atoms with Crippen LogP contribution in [0, 0.1) is 13.8 Å². The third-order valence-corrected chi connectivity index (χ3v) is 5.74. The molecule has 8 nitrogen and oxygen atoms in total. The molecule has 0 aliphatic heterocycles. The zero-order chi connectivity index (χ0) is 22.7. The molecule has 0 radical (unpaired) electrons. The van der Waals surface area contributed by atoms with Crippen LogP contribution in [-0.4, -0.2) is 44.9 Å². The summed E-state index contributed by atoms with van der Waals surface area (Å²) in [6, 6.07) is 11.9. The first kappa shape index (κ1) is 21.8. The summed E-state index contributed by atoms with van der Waals surface area (Å²) in [7, 11) is 3.41. The van der Waals surface area contributed by atoms with Crippen molar-refractivity contribution < 1.29 is 14.3 Å². The Morgan fingerprint density at radius 1 is 1.06 bits per heavy atom. The Hall–Kier alpha value is -3.42. The summed E-state index contributed by atoms with van der Waals surface area (Å²) >= 11 is 0. The number of carbonyl (C=O) groups excluding carboxylic acids is 1. The van der Waals surface area contributed by atoms with Gasteiger partial charge in [0.1, 0.15) is 17.5 Å². The van der Waals surface area contributed by atoms with Gasteiger partial charge >= 0.3 is 6.01 Å². The summed E-state index contributed by atoms with van der Waals surface area (Å²) in [5.41, 5.74) is 3.89. The Balaban J connectivity index is 1.36. The molecule has 168 valence electrons. The second kappa shape index (κ2) is 9.38. The Morgan fingerprint density at radius 2 is 1.75 bits per heavy atom. The lowest BCUT2D eigenvalue weighted by Crippen LogP contribution is -2.40. The van der Waals surface area contributed by atoms with Crippen molar-refractivity contribution in [3.63, 3.8) is 0 Å². The van der Waals surface area contributed by atoms with Gasteiger partial charge in [0.25, 0.3) is 5.91 Å². The minimum Gasteiger partial charge on any atom is -0.496 e. The second-order valence-corrected chi connectivity index (χ2v) is 8.24. The van der Waals surface area contributed by atoms with Crippen LogP contribution in [0.4, 0.5) is 0 Å². The summed E-state index contributed by atoms with van der Waals surface area (Å²) in [6.45, 7) is 3.87. The van der Waals surface area contributed by atoms with Crippen molar-refractivity contribution in [3.8, 4) is 23.0 Å². The van der Waals surface area contributed by atoms with E-state index >= 15 is 0 Å². The second-order valence-electron chi connectivity index (χ2n) is 8.24. The van der Waals surface area contributed by atoms with Crippen LogP contribution in [0.1, 0.15) is 47.6 Å². The van der Waals surface area contributed by atoms with Gasteiger partial charge in [-0.2, -0.15) is 5.10 Å². The molecule has 1 aliphatic rings. The highest BCUT2D eigenvalue weighted by molar-refractivity contribution is 5.94. The van der Waals surface area contributed by atoms with E-state index in [0.29, 0.717) is 17.4 Å². The first-order valence-electron chi connectivity index (χ1n) is 10.9. The van der Waals surface area contributed by atoms with Gasteiger partial charge in [-0.1, -0.05) is 12.1 Å². The van der Waals surface area contributed by atoms with Crippen molar-refractivity contribution in [1.82, 2.24) is 25.1 Å². The lowest BCUT2D eigenvalue weighted by Gasteiger charge is -2.28. The van der Waals surface area contributed by atoms with E-state index in [1.165, 1.54) is 0 Å². The summed E-state index contributed by atoms with van der Waals surface area (Å²) in [4.78, 5) is 21.7. The first-order valence-corrected chi connectivity index (χ1v) is 10.9. The average molecular weight is 436 g/mol. The molecule has 3 aromatic rings. The van der Waals surface area contributed by atoms with Crippen LogP contribution < -0.4 is 14.8 Å². The van der Waals surface area contributed by atoms with Gasteiger partial charge in [0.2, 0.25) is 0 Å². The predicted molar refractivity (Wildman–Crippen MR) is 121 cm³/mol. The normalized spacial score (nSPS) is 18.2. The molecule has 0 atom stereocenters. The Labute approximate surface area is 188 Å². The van der Waals surface area contributed by atoms with E-state index < -0.39 is 0 Å². The number of nitrogens with one attached hydrogen (secondary N) is 1. The maximum atomic E-state index is 12.9. The van der Waals surface area contributed by atoms with Gasteiger partial charge in [-0.05, 0) is 63.8 Å². The van der Waals surface area contributed by atoms with E-state index in [1.54, 1.807) is 24.9 Å². The van der Waals surface area contributed by atoms with E-state index in [1.807, 2.05) is 44.2 Å². The number of aryl methyl sites for hydroxylation is 3. The molecule has 1 aliphatic carbocycles. The van der Waals surface area contributed by atoms with Gasteiger partial charge in [-0.3, -0.25) is 9.48 Å². The summed E-state index contributed by atoms with van der Waals surface area (Å²) in [5.74, 6) is 0.604. The Morgan fingerprint density at radius 3 is 2.44 bits per heavy atom. The number of nitrogens with zero attached hydrogens (tertiary/aromatic N) is 4. The van der Waals surface area contributed by atoms with Crippen LogP contribution in [0.2, 0.25) is 0 Å². The zero-order valence-electron chi connectivity index (χ0n) is 19.0. The van der Waals surface area contributed by atoms with E-state index in [0.717, 1.165) is 48.4 Å². The molecule has 1 aromatic carbocycles. The molecule has 1 fully saturated rings. The van der Waals surface area contributed by atoms with Crippen molar-refractivity contribution in [1.29, 1.82) is 0 Å². The van der Waals surface area contributed by atoms with Crippen LogP contribution in [0.15, 0.2) is 36.4 Å². The van der Waals surface area contributed by atoms with Gasteiger partial charge in [-0.15, -0.1) is 0 Å². The topological polar surface area (TPSA) is 91.2 Å². The van der Waals surface area contributed by atoms with Gasteiger partial charge in [0.05, 0.1) is 12.8 Å². The number of carbonyl (C=O) groups is 1. The smallest absolute Gasteiger partial charge is 0.317 e. The molecular formula is C24H29N5O3. The molecule has 1 amide bonds. The zero-order valence-corrected chi connectivity index (χ0v) is 19.0. The molecule has 0 saturated heterocycles. The highest BCUT2D eigenvalue weighted by atomic mass is 16.5. The van der Waals surface area contributed by atoms with E-state index in [4.69, 9.17) is 9.47 Å². The number of ether oxygens (including phenoxy) is 2. The fraction of sp³-hybridized carbons (Fsp3) is 0.417. The number of para-hydroxylation sites is 1. The van der Waals surface area contributed by atoms with Crippen molar-refractivity contribution in [2.45, 2.75) is 51.7 Å². The van der Waals surface area contributed by atoms with Crippen LogP contribution in [-0.2, 0) is 7.05 Å². The number of aromatic nitrogens is 4. The van der Waals surface area contributed by atoms with Crippen LogP contribution in [0.25, 0.3) is 11.3 Å². The molecule has 4 rings (SSSR count). The Kier molecular flexibility index (Phi) is 6.39.